The predicted molar refractivity (Wildman–Crippen MR) is 208 cm³/mol. The number of para-hydroxylation sites is 2. The molecule has 0 spiro atoms. The molecule has 9 aromatic rings. The molecular weight excluding hydrogens is 601 g/mol. The SMILES string of the molecule is CC(C)c1cc(-c2ccccc2)cc(C(C)C)c1-n1c(-c2ccc3sc4cc5cc6ccccc6cc5cc4c3c2)nc2ccccc21. The zero-order chi connectivity index (χ0) is 32.5. The normalized spacial score (nSPS) is 12.1. The molecule has 232 valence electrons. The third kappa shape index (κ3) is 4.64. The fourth-order valence-electron chi connectivity index (χ4n) is 7.41. The van der Waals surface area contributed by atoms with Gasteiger partial charge in [0.05, 0.1) is 16.7 Å². The minimum Gasteiger partial charge on any atom is -0.292 e. The number of hydrogen-bond acceptors (Lipinski definition) is 2. The molecule has 2 nitrogen and oxygen atoms in total. The van der Waals surface area contributed by atoms with E-state index in [0.29, 0.717) is 11.8 Å². The summed E-state index contributed by atoms with van der Waals surface area (Å²) in [6.07, 6.45) is 0. The predicted octanol–water partition coefficient (Wildman–Crippen LogP) is 13.3. The Morgan fingerprint density at radius 1 is 0.500 bits per heavy atom. The summed E-state index contributed by atoms with van der Waals surface area (Å²) in [7, 11) is 0. The Morgan fingerprint density at radius 2 is 1.12 bits per heavy atom. The number of aromatic nitrogens is 2. The van der Waals surface area contributed by atoms with Crippen LogP contribution >= 0.6 is 11.3 Å². The monoisotopic (exact) mass is 636 g/mol. The first-order valence-corrected chi connectivity index (χ1v) is 17.7. The summed E-state index contributed by atoms with van der Waals surface area (Å²) in [5.74, 6) is 1.63. The van der Waals surface area contributed by atoms with E-state index < -0.39 is 0 Å². The van der Waals surface area contributed by atoms with Gasteiger partial charge in [-0.25, -0.2) is 4.98 Å². The van der Waals surface area contributed by atoms with Gasteiger partial charge >= 0.3 is 0 Å². The second-order valence-electron chi connectivity index (χ2n) is 13.6. The zero-order valence-electron chi connectivity index (χ0n) is 27.7. The van der Waals surface area contributed by atoms with E-state index >= 15 is 0 Å². The molecule has 0 fully saturated rings. The second-order valence-corrected chi connectivity index (χ2v) is 14.7. The molecule has 7 aromatic carbocycles. The van der Waals surface area contributed by atoms with E-state index in [-0.39, 0.29) is 0 Å². The molecule has 48 heavy (non-hydrogen) atoms. The van der Waals surface area contributed by atoms with Gasteiger partial charge < -0.3 is 0 Å². The molecule has 3 heteroatoms. The van der Waals surface area contributed by atoms with Crippen molar-refractivity contribution in [2.75, 3.05) is 0 Å². The van der Waals surface area contributed by atoms with Crippen molar-refractivity contribution in [3.05, 3.63) is 145 Å². The molecule has 0 aliphatic heterocycles. The largest absolute Gasteiger partial charge is 0.292 e. The third-order valence-electron chi connectivity index (χ3n) is 9.86. The Morgan fingerprint density at radius 3 is 1.83 bits per heavy atom. The molecule has 0 saturated heterocycles. The first kappa shape index (κ1) is 28.9. The van der Waals surface area contributed by atoms with Crippen LogP contribution < -0.4 is 0 Å². The molecule has 9 rings (SSSR count). The molecule has 0 radical (unpaired) electrons. The van der Waals surface area contributed by atoms with Crippen molar-refractivity contribution < 1.29 is 0 Å². The lowest BCUT2D eigenvalue weighted by molar-refractivity contribution is 0.811. The lowest BCUT2D eigenvalue weighted by Crippen LogP contribution is -2.09. The highest BCUT2D eigenvalue weighted by Gasteiger charge is 2.24. The van der Waals surface area contributed by atoms with Gasteiger partial charge in [0.25, 0.3) is 0 Å². The van der Waals surface area contributed by atoms with Crippen LogP contribution in [0.4, 0.5) is 0 Å². The van der Waals surface area contributed by atoms with E-state index in [1.54, 1.807) is 0 Å². The average molecular weight is 637 g/mol. The van der Waals surface area contributed by atoms with Crippen LogP contribution in [0.1, 0.15) is 50.7 Å². The molecule has 0 amide bonds. The maximum absolute atomic E-state index is 5.36. The van der Waals surface area contributed by atoms with Crippen LogP contribution in [0.5, 0.6) is 0 Å². The summed E-state index contributed by atoms with van der Waals surface area (Å²) in [6, 6.07) is 49.2. The highest BCUT2D eigenvalue weighted by Crippen LogP contribution is 2.43. The number of rotatable bonds is 5. The summed E-state index contributed by atoms with van der Waals surface area (Å²) in [6.45, 7) is 9.25. The highest BCUT2D eigenvalue weighted by molar-refractivity contribution is 7.25. The van der Waals surface area contributed by atoms with E-state index in [0.717, 1.165) is 22.4 Å². The molecule has 0 N–H and O–H groups in total. The van der Waals surface area contributed by atoms with Gasteiger partial charge in [0.15, 0.2) is 0 Å². The Bertz CT molecular complexity index is 2640. The van der Waals surface area contributed by atoms with Gasteiger partial charge in [-0.3, -0.25) is 4.57 Å². The molecule has 2 aromatic heterocycles. The van der Waals surface area contributed by atoms with E-state index in [2.05, 4.69) is 166 Å². The number of fused-ring (bicyclic) bond motifs is 6. The first-order chi connectivity index (χ1) is 23.4. The summed E-state index contributed by atoms with van der Waals surface area (Å²) >= 11 is 1.88. The van der Waals surface area contributed by atoms with Gasteiger partial charge in [-0.2, -0.15) is 0 Å². The minimum atomic E-state index is 0.322. The first-order valence-electron chi connectivity index (χ1n) is 16.9. The molecule has 0 aliphatic carbocycles. The van der Waals surface area contributed by atoms with Crippen LogP contribution in [0.25, 0.3) is 81.0 Å². The Balaban J connectivity index is 1.30. The lowest BCUT2D eigenvalue weighted by atomic mass is 9.88. The molecule has 0 atom stereocenters. The number of benzene rings is 7. The van der Waals surface area contributed by atoms with E-state index in [9.17, 15) is 0 Å². The second kappa shape index (κ2) is 11.2. The molecule has 0 aliphatic rings. The van der Waals surface area contributed by atoms with Crippen molar-refractivity contribution in [1.29, 1.82) is 0 Å². The van der Waals surface area contributed by atoms with Crippen molar-refractivity contribution in [2.45, 2.75) is 39.5 Å². The van der Waals surface area contributed by atoms with Crippen LogP contribution in [0.2, 0.25) is 0 Å². The van der Waals surface area contributed by atoms with Gasteiger partial charge in [0.1, 0.15) is 5.82 Å². The molecule has 2 heterocycles. The van der Waals surface area contributed by atoms with Crippen molar-refractivity contribution in [3.8, 4) is 28.2 Å². The van der Waals surface area contributed by atoms with Gasteiger partial charge in [-0.05, 0) is 122 Å². The fraction of sp³-hybridized carbons (Fsp3) is 0.133. The number of imidazole rings is 1. The van der Waals surface area contributed by atoms with Gasteiger partial charge in [0, 0.05) is 25.7 Å². The van der Waals surface area contributed by atoms with Gasteiger partial charge in [-0.1, -0.05) is 94.4 Å². The van der Waals surface area contributed by atoms with Crippen molar-refractivity contribution in [3.63, 3.8) is 0 Å². The smallest absolute Gasteiger partial charge is 0.145 e. The van der Waals surface area contributed by atoms with E-state index in [1.807, 2.05) is 11.3 Å². The summed E-state index contributed by atoms with van der Waals surface area (Å²) in [5, 5.41) is 7.72. The number of hydrogen-bond donors (Lipinski definition) is 0. The Kier molecular flexibility index (Phi) is 6.74. The molecule has 0 unspecified atom stereocenters. The van der Waals surface area contributed by atoms with Crippen molar-refractivity contribution in [2.24, 2.45) is 0 Å². The highest BCUT2D eigenvalue weighted by atomic mass is 32.1. The lowest BCUT2D eigenvalue weighted by Gasteiger charge is -2.24. The summed E-state index contributed by atoms with van der Waals surface area (Å²) in [5.41, 5.74) is 9.73. The zero-order valence-corrected chi connectivity index (χ0v) is 28.5. The fourth-order valence-corrected chi connectivity index (χ4v) is 8.53. The topological polar surface area (TPSA) is 17.8 Å². The molecule has 0 bridgehead atoms. The van der Waals surface area contributed by atoms with E-state index in [4.69, 9.17) is 4.98 Å². The van der Waals surface area contributed by atoms with Crippen LogP contribution in [-0.2, 0) is 0 Å². The van der Waals surface area contributed by atoms with Gasteiger partial charge in [-0.15, -0.1) is 11.3 Å². The maximum atomic E-state index is 5.36. The number of thiophene rings is 1. The Labute approximate surface area is 284 Å². The molecule has 0 saturated carbocycles. The average Bonchev–Trinajstić information content (AvgIpc) is 3.67. The number of nitrogens with zero attached hydrogens (tertiary/aromatic N) is 2. The van der Waals surface area contributed by atoms with Crippen molar-refractivity contribution >= 4 is 64.1 Å². The Hall–Kier alpha value is -5.25. The van der Waals surface area contributed by atoms with Crippen LogP contribution in [0.3, 0.4) is 0 Å². The van der Waals surface area contributed by atoms with Gasteiger partial charge in [0.2, 0.25) is 0 Å². The van der Waals surface area contributed by atoms with Crippen LogP contribution in [-0.4, -0.2) is 9.55 Å². The quantitative estimate of drug-likeness (QED) is 0.172. The summed E-state index contributed by atoms with van der Waals surface area (Å²) < 4.78 is 5.07. The van der Waals surface area contributed by atoms with Crippen molar-refractivity contribution in [1.82, 2.24) is 9.55 Å². The third-order valence-corrected chi connectivity index (χ3v) is 11.0. The summed E-state index contributed by atoms with van der Waals surface area (Å²) in [4.78, 5) is 5.36. The van der Waals surface area contributed by atoms with Crippen LogP contribution in [0, 0.1) is 0 Å². The maximum Gasteiger partial charge on any atom is 0.145 e. The van der Waals surface area contributed by atoms with Crippen LogP contribution in [0.15, 0.2) is 133 Å². The molecular formula is C45H36N2S. The standard InChI is InChI=1S/C45H36N2S/c1-27(2)36-23-35(29-12-6-5-7-13-29)24-37(28(3)4)44(36)47-41-17-11-10-16-40(41)46-45(47)32-18-19-42-38(22-32)39-25-33-20-30-14-8-9-15-31(30)21-34(33)26-43(39)48-42/h5-28H,1-4H3. The minimum absolute atomic E-state index is 0.322. The van der Waals surface area contributed by atoms with E-state index in [1.165, 1.54) is 69.7 Å².